The highest BCUT2D eigenvalue weighted by atomic mass is 16.2. The summed E-state index contributed by atoms with van der Waals surface area (Å²) in [6.45, 7) is 11.4. The molecule has 0 aromatic heterocycles. The molecular weight excluding hydrogens is 164 g/mol. The van der Waals surface area contributed by atoms with E-state index in [9.17, 15) is 9.59 Å². The van der Waals surface area contributed by atoms with Crippen molar-refractivity contribution in [2.45, 2.75) is 41.5 Å². The highest BCUT2D eigenvalue weighted by molar-refractivity contribution is 6.43. The molecule has 1 fully saturated rings. The summed E-state index contributed by atoms with van der Waals surface area (Å²) in [6, 6.07) is 0. The number of hydrogen-bond acceptors (Lipinski definition) is 2. The third kappa shape index (κ3) is 0.890. The van der Waals surface area contributed by atoms with Gasteiger partial charge in [-0.25, -0.2) is 0 Å². The molecule has 0 aromatic rings. The van der Waals surface area contributed by atoms with E-state index >= 15 is 0 Å². The fourth-order valence-electron chi connectivity index (χ4n) is 1.92. The normalized spacial score (nSPS) is 29.4. The number of rotatable bonds is 0. The molecule has 1 saturated carbocycles. The van der Waals surface area contributed by atoms with Gasteiger partial charge < -0.3 is 0 Å². The zero-order valence-electron chi connectivity index (χ0n) is 9.32. The Morgan fingerprint density at radius 2 is 0.923 bits per heavy atom. The van der Waals surface area contributed by atoms with Crippen molar-refractivity contribution in [3.63, 3.8) is 0 Å². The lowest BCUT2D eigenvalue weighted by Gasteiger charge is -2.40. The van der Waals surface area contributed by atoms with E-state index in [0.717, 1.165) is 0 Å². The Morgan fingerprint density at radius 1 is 0.692 bits per heavy atom. The van der Waals surface area contributed by atoms with Gasteiger partial charge in [0.15, 0.2) is 0 Å². The molecule has 1 aliphatic rings. The summed E-state index contributed by atoms with van der Waals surface area (Å²) >= 11 is 0. The first-order valence-corrected chi connectivity index (χ1v) is 4.66. The van der Waals surface area contributed by atoms with Crippen LogP contribution in [0.25, 0.3) is 0 Å². The third-order valence-corrected chi connectivity index (χ3v) is 4.47. The van der Waals surface area contributed by atoms with Gasteiger partial charge in [-0.3, -0.25) is 9.59 Å². The van der Waals surface area contributed by atoms with Gasteiger partial charge in [-0.1, -0.05) is 41.5 Å². The fraction of sp³-hybridized carbons (Fsp3) is 0.818. The molecule has 2 nitrogen and oxygen atoms in total. The molecule has 0 aromatic carbocycles. The maximum atomic E-state index is 11.7. The molecule has 2 heteroatoms. The van der Waals surface area contributed by atoms with Crippen molar-refractivity contribution < 1.29 is 9.59 Å². The first-order valence-electron chi connectivity index (χ1n) is 4.66. The predicted molar refractivity (Wildman–Crippen MR) is 51.4 cm³/mol. The minimum absolute atomic E-state index is 0.220. The van der Waals surface area contributed by atoms with Gasteiger partial charge in [0, 0.05) is 10.8 Å². The Hall–Kier alpha value is -0.660. The van der Waals surface area contributed by atoms with E-state index in [2.05, 4.69) is 0 Å². The van der Waals surface area contributed by atoms with Crippen molar-refractivity contribution >= 4 is 11.6 Å². The molecular formula is C11H18O2. The molecule has 0 bridgehead atoms. The monoisotopic (exact) mass is 182 g/mol. The van der Waals surface area contributed by atoms with E-state index in [1.165, 1.54) is 0 Å². The largest absolute Gasteiger partial charge is 0.290 e. The molecule has 1 rings (SSSR count). The standard InChI is InChI=1S/C11H18O2/c1-9(2)7(12)8(13)10(3,4)11(9,5)6/h1-6H3. The van der Waals surface area contributed by atoms with Crippen LogP contribution in [0.15, 0.2) is 0 Å². The third-order valence-electron chi connectivity index (χ3n) is 4.47. The molecule has 0 radical (unpaired) electrons. The Labute approximate surface area is 79.7 Å². The van der Waals surface area contributed by atoms with Gasteiger partial charge in [-0.2, -0.15) is 0 Å². The molecule has 13 heavy (non-hydrogen) atoms. The van der Waals surface area contributed by atoms with Crippen LogP contribution in [0.1, 0.15) is 41.5 Å². The molecule has 74 valence electrons. The van der Waals surface area contributed by atoms with Gasteiger partial charge in [0.2, 0.25) is 11.6 Å². The second-order valence-electron chi connectivity index (χ2n) is 5.53. The van der Waals surface area contributed by atoms with E-state index in [-0.39, 0.29) is 17.0 Å². The average molecular weight is 182 g/mol. The van der Waals surface area contributed by atoms with Crippen LogP contribution in [0.4, 0.5) is 0 Å². The summed E-state index contributed by atoms with van der Waals surface area (Å²) in [7, 11) is 0. The van der Waals surface area contributed by atoms with Crippen LogP contribution in [-0.2, 0) is 9.59 Å². The van der Waals surface area contributed by atoms with E-state index < -0.39 is 10.8 Å². The van der Waals surface area contributed by atoms with Crippen LogP contribution in [0.3, 0.4) is 0 Å². The average Bonchev–Trinajstić information content (AvgIpc) is 2.05. The van der Waals surface area contributed by atoms with Crippen molar-refractivity contribution in [1.29, 1.82) is 0 Å². The lowest BCUT2D eigenvalue weighted by atomic mass is 9.61. The van der Waals surface area contributed by atoms with Crippen LogP contribution in [0.2, 0.25) is 0 Å². The Kier molecular flexibility index (Phi) is 1.78. The van der Waals surface area contributed by atoms with E-state index in [1.807, 2.05) is 41.5 Å². The SMILES string of the molecule is CC1(C)C(=O)C(=O)C(C)(C)C1(C)C. The maximum absolute atomic E-state index is 11.7. The number of ketones is 2. The topological polar surface area (TPSA) is 34.1 Å². The summed E-state index contributed by atoms with van der Waals surface area (Å²) in [5.74, 6) is -0.440. The molecule has 0 saturated heterocycles. The van der Waals surface area contributed by atoms with Gasteiger partial charge in [0.1, 0.15) is 0 Å². The van der Waals surface area contributed by atoms with Gasteiger partial charge in [-0.15, -0.1) is 0 Å². The lowest BCUT2D eigenvalue weighted by Crippen LogP contribution is -2.39. The van der Waals surface area contributed by atoms with Crippen molar-refractivity contribution in [2.24, 2.45) is 16.2 Å². The first kappa shape index (κ1) is 10.4. The molecule has 0 atom stereocenters. The molecule has 0 aliphatic heterocycles. The zero-order valence-corrected chi connectivity index (χ0v) is 9.32. The number of carbonyl (C=O) groups is 2. The van der Waals surface area contributed by atoms with Gasteiger partial charge in [0.05, 0.1) is 0 Å². The Morgan fingerprint density at radius 3 is 1.00 bits per heavy atom. The smallest absolute Gasteiger partial charge is 0.205 e. The van der Waals surface area contributed by atoms with Crippen LogP contribution < -0.4 is 0 Å². The summed E-state index contributed by atoms with van der Waals surface area (Å²) in [5.41, 5.74) is -1.34. The molecule has 0 N–H and O–H groups in total. The minimum Gasteiger partial charge on any atom is -0.290 e. The Balaban J connectivity index is 3.40. The summed E-state index contributed by atoms with van der Waals surface area (Å²) < 4.78 is 0. The quantitative estimate of drug-likeness (QED) is 0.538. The number of carbonyl (C=O) groups excluding carboxylic acids is 2. The van der Waals surface area contributed by atoms with Crippen LogP contribution in [-0.4, -0.2) is 11.6 Å². The highest BCUT2D eigenvalue weighted by Crippen LogP contribution is 2.58. The van der Waals surface area contributed by atoms with E-state index in [4.69, 9.17) is 0 Å². The first-order chi connectivity index (χ1) is 5.57. The van der Waals surface area contributed by atoms with E-state index in [1.54, 1.807) is 0 Å². The molecule has 0 amide bonds. The van der Waals surface area contributed by atoms with Gasteiger partial charge >= 0.3 is 0 Å². The molecule has 0 heterocycles. The zero-order chi connectivity index (χ0) is 10.7. The predicted octanol–water partition coefficient (Wildman–Crippen LogP) is 2.22. The van der Waals surface area contributed by atoms with Crippen LogP contribution in [0.5, 0.6) is 0 Å². The lowest BCUT2D eigenvalue weighted by molar-refractivity contribution is -0.140. The van der Waals surface area contributed by atoms with Gasteiger partial charge in [-0.05, 0) is 5.41 Å². The molecule has 1 aliphatic carbocycles. The van der Waals surface area contributed by atoms with Crippen molar-refractivity contribution in [3.05, 3.63) is 0 Å². The number of hydrogen-bond donors (Lipinski definition) is 0. The summed E-state index contributed by atoms with van der Waals surface area (Å²) in [4.78, 5) is 23.4. The van der Waals surface area contributed by atoms with Crippen LogP contribution >= 0.6 is 0 Å². The Bertz CT molecular complexity index is 254. The summed E-state index contributed by atoms with van der Waals surface area (Å²) in [5, 5.41) is 0. The molecule has 0 spiro atoms. The summed E-state index contributed by atoms with van der Waals surface area (Å²) in [6.07, 6.45) is 0. The van der Waals surface area contributed by atoms with Crippen molar-refractivity contribution in [2.75, 3.05) is 0 Å². The number of Topliss-reactive ketones (excluding diaryl/α,β-unsaturated/α-hetero) is 2. The molecule has 0 unspecified atom stereocenters. The maximum Gasteiger partial charge on any atom is 0.205 e. The van der Waals surface area contributed by atoms with Gasteiger partial charge in [0.25, 0.3) is 0 Å². The minimum atomic E-state index is -0.534. The van der Waals surface area contributed by atoms with Crippen LogP contribution in [0, 0.1) is 16.2 Å². The second kappa shape index (κ2) is 2.23. The van der Waals surface area contributed by atoms with Crippen molar-refractivity contribution in [1.82, 2.24) is 0 Å². The fourth-order valence-corrected chi connectivity index (χ4v) is 1.92. The second-order valence-corrected chi connectivity index (χ2v) is 5.53. The van der Waals surface area contributed by atoms with E-state index in [0.29, 0.717) is 0 Å². The highest BCUT2D eigenvalue weighted by Gasteiger charge is 2.64. The van der Waals surface area contributed by atoms with Crippen molar-refractivity contribution in [3.8, 4) is 0 Å².